The number of hydrogen-bond acceptors (Lipinski definition) is 4. The molecule has 5 heteroatoms. The van der Waals surface area contributed by atoms with Crippen LogP contribution in [0.1, 0.15) is 11.3 Å². The van der Waals surface area contributed by atoms with E-state index in [-0.39, 0.29) is 5.69 Å². The van der Waals surface area contributed by atoms with E-state index in [1.54, 1.807) is 24.4 Å². The van der Waals surface area contributed by atoms with Crippen LogP contribution in [0.5, 0.6) is 5.75 Å². The van der Waals surface area contributed by atoms with Crippen molar-refractivity contribution in [2.24, 2.45) is 0 Å². The van der Waals surface area contributed by atoms with Crippen LogP contribution in [-0.4, -0.2) is 9.91 Å². The van der Waals surface area contributed by atoms with Crippen molar-refractivity contribution < 1.29 is 9.66 Å². The molecule has 0 saturated heterocycles. The van der Waals surface area contributed by atoms with E-state index in [1.807, 2.05) is 13.0 Å². The minimum absolute atomic E-state index is 0.0819. The Morgan fingerprint density at radius 3 is 2.61 bits per heavy atom. The number of rotatable bonds is 4. The van der Waals surface area contributed by atoms with Crippen molar-refractivity contribution in [3.63, 3.8) is 0 Å². The molecule has 0 amide bonds. The molecule has 1 aromatic heterocycles. The first-order valence-electron chi connectivity index (χ1n) is 5.44. The van der Waals surface area contributed by atoms with Crippen molar-refractivity contribution in [1.82, 2.24) is 4.98 Å². The molecular weight excluding hydrogens is 232 g/mol. The third-order valence-corrected chi connectivity index (χ3v) is 2.42. The summed E-state index contributed by atoms with van der Waals surface area (Å²) in [5, 5.41) is 10.5. The summed E-state index contributed by atoms with van der Waals surface area (Å²) in [6.45, 7) is 2.26. The van der Waals surface area contributed by atoms with Gasteiger partial charge in [0.2, 0.25) is 0 Å². The molecule has 0 N–H and O–H groups in total. The van der Waals surface area contributed by atoms with Gasteiger partial charge in [0.25, 0.3) is 5.69 Å². The van der Waals surface area contributed by atoms with Crippen LogP contribution < -0.4 is 4.74 Å². The monoisotopic (exact) mass is 244 g/mol. The van der Waals surface area contributed by atoms with Gasteiger partial charge >= 0.3 is 0 Å². The van der Waals surface area contributed by atoms with Gasteiger partial charge in [-0.25, -0.2) is 0 Å². The van der Waals surface area contributed by atoms with Gasteiger partial charge in [-0.1, -0.05) is 0 Å². The Morgan fingerprint density at radius 1 is 1.28 bits per heavy atom. The molecule has 0 spiro atoms. The van der Waals surface area contributed by atoms with Gasteiger partial charge in [-0.15, -0.1) is 0 Å². The molecule has 0 bridgehead atoms. The Morgan fingerprint density at radius 2 is 2.00 bits per heavy atom. The maximum Gasteiger partial charge on any atom is 0.269 e. The van der Waals surface area contributed by atoms with Gasteiger partial charge in [-0.2, -0.15) is 0 Å². The number of ether oxygens (including phenoxy) is 1. The van der Waals surface area contributed by atoms with Crippen LogP contribution in [0.15, 0.2) is 42.6 Å². The minimum atomic E-state index is -0.420. The number of aryl methyl sites for hydroxylation is 1. The van der Waals surface area contributed by atoms with Gasteiger partial charge in [-0.3, -0.25) is 15.1 Å². The maximum atomic E-state index is 10.5. The highest BCUT2D eigenvalue weighted by molar-refractivity contribution is 5.33. The van der Waals surface area contributed by atoms with Crippen LogP contribution in [0.2, 0.25) is 0 Å². The Kier molecular flexibility index (Phi) is 3.52. The SMILES string of the molecule is Cc1cc(OCc2ccc([N+](=O)[O-])cc2)ccn1. The molecule has 0 aliphatic carbocycles. The minimum Gasteiger partial charge on any atom is -0.489 e. The fourth-order valence-corrected chi connectivity index (χ4v) is 1.49. The van der Waals surface area contributed by atoms with E-state index in [0.717, 1.165) is 17.0 Å². The zero-order valence-electron chi connectivity index (χ0n) is 9.87. The van der Waals surface area contributed by atoms with Crippen molar-refractivity contribution in [3.8, 4) is 5.75 Å². The third-order valence-electron chi connectivity index (χ3n) is 2.42. The quantitative estimate of drug-likeness (QED) is 0.612. The highest BCUT2D eigenvalue weighted by Crippen LogP contribution is 2.15. The van der Waals surface area contributed by atoms with Crippen molar-refractivity contribution in [1.29, 1.82) is 0 Å². The molecule has 1 heterocycles. The van der Waals surface area contributed by atoms with Crippen LogP contribution >= 0.6 is 0 Å². The van der Waals surface area contributed by atoms with E-state index in [9.17, 15) is 10.1 Å². The Labute approximate surface area is 104 Å². The van der Waals surface area contributed by atoms with E-state index in [2.05, 4.69) is 4.98 Å². The van der Waals surface area contributed by atoms with Gasteiger partial charge in [0.05, 0.1) is 4.92 Å². The lowest BCUT2D eigenvalue weighted by molar-refractivity contribution is -0.384. The van der Waals surface area contributed by atoms with Gasteiger partial charge < -0.3 is 4.74 Å². The fourth-order valence-electron chi connectivity index (χ4n) is 1.49. The van der Waals surface area contributed by atoms with Gasteiger partial charge in [0.15, 0.2) is 0 Å². The molecule has 2 rings (SSSR count). The van der Waals surface area contributed by atoms with Crippen LogP contribution in [-0.2, 0) is 6.61 Å². The molecular formula is C13H12N2O3. The van der Waals surface area contributed by atoms with E-state index in [1.165, 1.54) is 12.1 Å². The predicted octanol–water partition coefficient (Wildman–Crippen LogP) is 2.88. The first-order chi connectivity index (χ1) is 8.65. The van der Waals surface area contributed by atoms with Crippen LogP contribution in [0.3, 0.4) is 0 Å². The van der Waals surface area contributed by atoms with E-state index < -0.39 is 4.92 Å². The van der Waals surface area contributed by atoms with E-state index in [4.69, 9.17) is 4.74 Å². The summed E-state index contributed by atoms with van der Waals surface area (Å²) in [6, 6.07) is 9.93. The summed E-state index contributed by atoms with van der Waals surface area (Å²) in [4.78, 5) is 14.1. The molecule has 0 unspecified atom stereocenters. The second-order valence-electron chi connectivity index (χ2n) is 3.85. The van der Waals surface area contributed by atoms with Gasteiger partial charge in [-0.05, 0) is 30.7 Å². The fraction of sp³-hybridized carbons (Fsp3) is 0.154. The number of nitro groups is 1. The molecule has 2 aromatic rings. The standard InChI is InChI=1S/C13H12N2O3/c1-10-8-13(6-7-14-10)18-9-11-2-4-12(5-3-11)15(16)17/h2-8H,9H2,1H3. The molecule has 0 aliphatic rings. The zero-order chi connectivity index (χ0) is 13.0. The number of benzene rings is 1. The maximum absolute atomic E-state index is 10.5. The van der Waals surface area contributed by atoms with Crippen LogP contribution in [0, 0.1) is 17.0 Å². The number of pyridine rings is 1. The Balaban J connectivity index is 2.00. The Hall–Kier alpha value is -2.43. The smallest absolute Gasteiger partial charge is 0.269 e. The lowest BCUT2D eigenvalue weighted by Gasteiger charge is -2.06. The number of hydrogen-bond donors (Lipinski definition) is 0. The molecule has 0 fully saturated rings. The molecule has 0 atom stereocenters. The van der Waals surface area contributed by atoms with Crippen LogP contribution in [0.4, 0.5) is 5.69 Å². The second-order valence-corrected chi connectivity index (χ2v) is 3.85. The number of non-ortho nitro benzene ring substituents is 1. The number of nitrogens with zero attached hydrogens (tertiary/aromatic N) is 2. The van der Waals surface area contributed by atoms with Crippen molar-refractivity contribution in [2.75, 3.05) is 0 Å². The summed E-state index contributed by atoms with van der Waals surface area (Å²) in [6.07, 6.45) is 1.68. The molecule has 5 nitrogen and oxygen atoms in total. The van der Waals surface area contributed by atoms with Gasteiger partial charge in [0, 0.05) is 30.1 Å². The van der Waals surface area contributed by atoms with Crippen molar-refractivity contribution >= 4 is 5.69 Å². The zero-order valence-corrected chi connectivity index (χ0v) is 9.87. The highest BCUT2D eigenvalue weighted by atomic mass is 16.6. The molecule has 92 valence electrons. The average molecular weight is 244 g/mol. The average Bonchev–Trinajstić information content (AvgIpc) is 2.37. The predicted molar refractivity (Wildman–Crippen MR) is 66.4 cm³/mol. The highest BCUT2D eigenvalue weighted by Gasteiger charge is 2.04. The normalized spacial score (nSPS) is 10.1. The topological polar surface area (TPSA) is 65.3 Å². The molecule has 1 aromatic carbocycles. The third kappa shape index (κ3) is 3.04. The summed E-state index contributed by atoms with van der Waals surface area (Å²) < 4.78 is 5.56. The molecule has 0 radical (unpaired) electrons. The summed E-state index contributed by atoms with van der Waals surface area (Å²) in [5.74, 6) is 0.737. The number of aromatic nitrogens is 1. The Bertz CT molecular complexity index is 552. The lowest BCUT2D eigenvalue weighted by atomic mass is 10.2. The van der Waals surface area contributed by atoms with E-state index in [0.29, 0.717) is 6.61 Å². The first-order valence-corrected chi connectivity index (χ1v) is 5.44. The molecule has 0 saturated carbocycles. The summed E-state index contributed by atoms with van der Waals surface area (Å²) in [5.41, 5.74) is 1.85. The van der Waals surface area contributed by atoms with E-state index >= 15 is 0 Å². The summed E-state index contributed by atoms with van der Waals surface area (Å²) in [7, 11) is 0. The van der Waals surface area contributed by atoms with Gasteiger partial charge in [0.1, 0.15) is 12.4 Å². The number of nitro benzene ring substituents is 1. The molecule has 0 aliphatic heterocycles. The van der Waals surface area contributed by atoms with Crippen molar-refractivity contribution in [3.05, 3.63) is 64.0 Å². The summed E-state index contributed by atoms with van der Waals surface area (Å²) >= 11 is 0. The second kappa shape index (κ2) is 5.27. The lowest BCUT2D eigenvalue weighted by Crippen LogP contribution is -1.96. The van der Waals surface area contributed by atoms with Crippen molar-refractivity contribution in [2.45, 2.75) is 13.5 Å². The van der Waals surface area contributed by atoms with Crippen LogP contribution in [0.25, 0.3) is 0 Å². The first kappa shape index (κ1) is 12.0. The molecule has 18 heavy (non-hydrogen) atoms. The largest absolute Gasteiger partial charge is 0.489 e.